The van der Waals surface area contributed by atoms with Gasteiger partial charge in [0, 0.05) is 4.47 Å². The Bertz CT molecular complexity index is 770. The number of hydrogen-bond donors (Lipinski definition) is 2. The molecular weight excluding hydrogens is 346 g/mol. The van der Waals surface area contributed by atoms with Gasteiger partial charge in [-0.25, -0.2) is 4.98 Å². The lowest BCUT2D eigenvalue weighted by molar-refractivity contribution is 0.0996. The Labute approximate surface area is 135 Å². The second kappa shape index (κ2) is 6.44. The highest BCUT2D eigenvalue weighted by molar-refractivity contribution is 9.10. The van der Waals surface area contributed by atoms with Crippen molar-refractivity contribution in [1.29, 1.82) is 0 Å². The van der Waals surface area contributed by atoms with Gasteiger partial charge in [-0.15, -0.1) is 0 Å². The summed E-state index contributed by atoms with van der Waals surface area (Å²) in [5, 5.41) is 5.91. The first-order chi connectivity index (χ1) is 10.7. The Morgan fingerprint density at radius 3 is 2.64 bits per heavy atom. The Morgan fingerprint density at radius 2 is 1.95 bits per heavy atom. The molecule has 6 heteroatoms. The fourth-order valence-electron chi connectivity index (χ4n) is 1.85. The summed E-state index contributed by atoms with van der Waals surface area (Å²) in [5.74, 6) is 0.375. The normalized spacial score (nSPS) is 10.2. The number of rotatable bonds is 4. The molecule has 0 aliphatic rings. The third-order valence-electron chi connectivity index (χ3n) is 2.90. The van der Waals surface area contributed by atoms with Crippen molar-refractivity contribution in [2.75, 3.05) is 10.6 Å². The van der Waals surface area contributed by atoms with Gasteiger partial charge in [0.1, 0.15) is 5.82 Å². The molecule has 2 aromatic heterocycles. The Morgan fingerprint density at radius 1 is 1.09 bits per heavy atom. The van der Waals surface area contributed by atoms with Crippen LogP contribution in [0.1, 0.15) is 10.6 Å². The molecule has 0 radical (unpaired) electrons. The summed E-state index contributed by atoms with van der Waals surface area (Å²) in [6, 6.07) is 14.6. The minimum absolute atomic E-state index is 0.247. The summed E-state index contributed by atoms with van der Waals surface area (Å²) in [4.78, 5) is 16.0. The van der Waals surface area contributed by atoms with Crippen LogP contribution < -0.4 is 10.6 Å². The maximum absolute atomic E-state index is 11.8. The van der Waals surface area contributed by atoms with Crippen LogP contribution in [0.5, 0.6) is 0 Å². The number of pyridine rings is 1. The van der Waals surface area contributed by atoms with Crippen LogP contribution in [-0.4, -0.2) is 10.9 Å². The predicted octanol–water partition coefficient (Wildman–Crippen LogP) is 4.43. The van der Waals surface area contributed by atoms with Crippen molar-refractivity contribution in [1.82, 2.24) is 4.98 Å². The highest BCUT2D eigenvalue weighted by Crippen LogP contribution is 2.25. The molecule has 1 amide bonds. The monoisotopic (exact) mass is 357 g/mol. The summed E-state index contributed by atoms with van der Waals surface area (Å²) >= 11 is 3.47. The van der Waals surface area contributed by atoms with E-state index in [1.807, 2.05) is 30.3 Å². The number of carbonyl (C=O) groups is 1. The number of anilines is 3. The van der Waals surface area contributed by atoms with Crippen LogP contribution in [0.15, 0.2) is 69.9 Å². The second-order valence-corrected chi connectivity index (χ2v) is 5.32. The van der Waals surface area contributed by atoms with Gasteiger partial charge >= 0.3 is 0 Å². The van der Waals surface area contributed by atoms with E-state index in [2.05, 4.69) is 31.5 Å². The van der Waals surface area contributed by atoms with Gasteiger partial charge in [0.25, 0.3) is 5.91 Å². The zero-order valence-corrected chi connectivity index (χ0v) is 13.0. The lowest BCUT2D eigenvalue weighted by atomic mass is 10.3. The van der Waals surface area contributed by atoms with Gasteiger partial charge in [-0.05, 0) is 52.3 Å². The van der Waals surface area contributed by atoms with Crippen molar-refractivity contribution < 1.29 is 9.21 Å². The molecule has 2 heterocycles. The standard InChI is InChI=1S/C16H12BrN3O2/c17-12-4-1-2-5-13(12)19-11-7-8-15(18-10-11)20-16(21)14-6-3-9-22-14/h1-10,19H,(H,18,20,21). The molecule has 0 fully saturated rings. The first kappa shape index (κ1) is 14.3. The van der Waals surface area contributed by atoms with Gasteiger partial charge in [0.15, 0.2) is 5.76 Å². The van der Waals surface area contributed by atoms with Gasteiger partial charge < -0.3 is 15.1 Å². The number of halogens is 1. The lowest BCUT2D eigenvalue weighted by Crippen LogP contribution is -2.11. The molecule has 0 unspecified atom stereocenters. The maximum Gasteiger partial charge on any atom is 0.292 e. The number of amides is 1. The van der Waals surface area contributed by atoms with Gasteiger partial charge in [-0.3, -0.25) is 4.79 Å². The van der Waals surface area contributed by atoms with E-state index in [-0.39, 0.29) is 11.7 Å². The van der Waals surface area contributed by atoms with E-state index in [0.29, 0.717) is 5.82 Å². The van der Waals surface area contributed by atoms with E-state index in [9.17, 15) is 4.79 Å². The zero-order chi connectivity index (χ0) is 15.4. The van der Waals surface area contributed by atoms with E-state index in [4.69, 9.17) is 4.42 Å². The third kappa shape index (κ3) is 3.35. The summed E-state index contributed by atoms with van der Waals surface area (Å²) in [7, 11) is 0. The molecular formula is C16H12BrN3O2. The summed E-state index contributed by atoms with van der Waals surface area (Å²) in [5.41, 5.74) is 1.76. The van der Waals surface area contributed by atoms with Crippen molar-refractivity contribution >= 4 is 39.0 Å². The molecule has 2 N–H and O–H groups in total. The van der Waals surface area contributed by atoms with Gasteiger partial charge in [0.2, 0.25) is 0 Å². The molecule has 0 spiro atoms. The first-order valence-corrected chi connectivity index (χ1v) is 7.34. The van der Waals surface area contributed by atoms with Crippen LogP contribution in [0.25, 0.3) is 0 Å². The molecule has 0 saturated carbocycles. The molecule has 1 aromatic carbocycles. The van der Waals surface area contributed by atoms with Crippen molar-refractivity contribution in [2.45, 2.75) is 0 Å². The Balaban J connectivity index is 1.68. The summed E-state index contributed by atoms with van der Waals surface area (Å²) < 4.78 is 5.99. The van der Waals surface area contributed by atoms with Crippen molar-refractivity contribution in [3.63, 3.8) is 0 Å². The molecule has 0 bridgehead atoms. The molecule has 0 atom stereocenters. The number of nitrogens with one attached hydrogen (secondary N) is 2. The molecule has 0 saturated heterocycles. The highest BCUT2D eigenvalue weighted by Gasteiger charge is 2.09. The van der Waals surface area contributed by atoms with Crippen LogP contribution in [-0.2, 0) is 0 Å². The summed E-state index contributed by atoms with van der Waals surface area (Å²) in [6.45, 7) is 0. The fourth-order valence-corrected chi connectivity index (χ4v) is 2.23. The quantitative estimate of drug-likeness (QED) is 0.724. The minimum atomic E-state index is -0.330. The lowest BCUT2D eigenvalue weighted by Gasteiger charge is -2.09. The molecule has 3 aromatic rings. The fraction of sp³-hybridized carbons (Fsp3) is 0. The molecule has 5 nitrogen and oxygen atoms in total. The summed E-state index contributed by atoms with van der Waals surface area (Å²) in [6.07, 6.45) is 3.10. The van der Waals surface area contributed by atoms with E-state index >= 15 is 0 Å². The highest BCUT2D eigenvalue weighted by atomic mass is 79.9. The number of aromatic nitrogens is 1. The van der Waals surface area contributed by atoms with Crippen molar-refractivity contribution in [2.24, 2.45) is 0 Å². The number of carbonyl (C=O) groups excluding carboxylic acids is 1. The van der Waals surface area contributed by atoms with Gasteiger partial charge in [-0.1, -0.05) is 12.1 Å². The molecule has 0 aliphatic heterocycles. The number of para-hydroxylation sites is 1. The van der Waals surface area contributed by atoms with Crippen molar-refractivity contribution in [3.8, 4) is 0 Å². The molecule has 22 heavy (non-hydrogen) atoms. The first-order valence-electron chi connectivity index (χ1n) is 6.55. The van der Waals surface area contributed by atoms with Gasteiger partial charge in [-0.2, -0.15) is 0 Å². The smallest absolute Gasteiger partial charge is 0.292 e. The van der Waals surface area contributed by atoms with E-state index < -0.39 is 0 Å². The average Bonchev–Trinajstić information content (AvgIpc) is 3.06. The van der Waals surface area contributed by atoms with E-state index in [1.165, 1.54) is 6.26 Å². The molecule has 3 rings (SSSR count). The number of nitrogens with zero attached hydrogens (tertiary/aromatic N) is 1. The van der Waals surface area contributed by atoms with Crippen LogP contribution >= 0.6 is 15.9 Å². The predicted molar refractivity (Wildman–Crippen MR) is 88.3 cm³/mol. The van der Waals surface area contributed by atoms with Crippen LogP contribution in [0, 0.1) is 0 Å². The van der Waals surface area contributed by atoms with Crippen molar-refractivity contribution in [3.05, 3.63) is 71.2 Å². The van der Waals surface area contributed by atoms with E-state index in [1.54, 1.807) is 24.4 Å². The number of benzene rings is 1. The van der Waals surface area contributed by atoms with Crippen LogP contribution in [0.4, 0.5) is 17.2 Å². The van der Waals surface area contributed by atoms with Crippen LogP contribution in [0.2, 0.25) is 0 Å². The zero-order valence-electron chi connectivity index (χ0n) is 11.4. The SMILES string of the molecule is O=C(Nc1ccc(Nc2ccccc2Br)cn1)c1ccco1. The number of furan rings is 1. The molecule has 110 valence electrons. The second-order valence-electron chi connectivity index (χ2n) is 4.47. The minimum Gasteiger partial charge on any atom is -0.459 e. The Hall–Kier alpha value is -2.60. The average molecular weight is 358 g/mol. The van der Waals surface area contributed by atoms with E-state index in [0.717, 1.165) is 15.8 Å². The Kier molecular flexibility index (Phi) is 4.20. The topological polar surface area (TPSA) is 67.2 Å². The van der Waals surface area contributed by atoms with Crippen LogP contribution in [0.3, 0.4) is 0 Å². The third-order valence-corrected chi connectivity index (χ3v) is 3.59. The largest absolute Gasteiger partial charge is 0.459 e. The number of hydrogen-bond acceptors (Lipinski definition) is 4. The molecule has 0 aliphatic carbocycles. The van der Waals surface area contributed by atoms with Gasteiger partial charge in [0.05, 0.1) is 23.8 Å². The maximum atomic E-state index is 11.8.